The van der Waals surface area contributed by atoms with E-state index in [2.05, 4.69) is 20.9 Å². The third-order valence-electron chi connectivity index (χ3n) is 5.99. The Morgan fingerprint density at radius 1 is 0.756 bits per heavy atom. The molecular formula is C27H37N7O7. The second-order valence-electron chi connectivity index (χ2n) is 9.50. The molecule has 0 heterocycles. The Hall–Kier alpha value is -4.85. The molecule has 0 saturated carbocycles. The molecule has 4 atom stereocenters. The van der Waals surface area contributed by atoms with Gasteiger partial charge in [0.05, 0.1) is 6.04 Å². The number of carbonyl (C=O) groups is 4. The van der Waals surface area contributed by atoms with E-state index in [0.29, 0.717) is 11.1 Å². The van der Waals surface area contributed by atoms with Gasteiger partial charge in [-0.1, -0.05) is 24.3 Å². The molecule has 41 heavy (non-hydrogen) atoms. The number of nitrogens with zero attached hydrogens (tertiary/aromatic N) is 1. The van der Waals surface area contributed by atoms with Gasteiger partial charge in [0.25, 0.3) is 0 Å². The van der Waals surface area contributed by atoms with Crippen molar-refractivity contribution in [1.29, 1.82) is 0 Å². The van der Waals surface area contributed by atoms with Crippen molar-refractivity contribution in [2.75, 3.05) is 6.54 Å². The SMILES string of the molecule is CC(N)C(=O)NC(Cc1ccc(O)cc1)C(=O)NC(Cc1ccc(O)cc1)C(=O)NC(CCCN=C(N)N)C(=O)O. The smallest absolute Gasteiger partial charge is 0.326 e. The molecule has 0 radical (unpaired) electrons. The molecule has 14 nitrogen and oxygen atoms in total. The normalized spacial score (nSPS) is 13.6. The fourth-order valence-corrected chi connectivity index (χ4v) is 3.76. The van der Waals surface area contributed by atoms with Gasteiger partial charge < -0.3 is 48.5 Å². The number of benzene rings is 2. The fraction of sp³-hybridized carbons (Fsp3) is 0.370. The summed E-state index contributed by atoms with van der Waals surface area (Å²) in [5, 5.41) is 36.5. The highest BCUT2D eigenvalue weighted by atomic mass is 16.4. The third-order valence-corrected chi connectivity index (χ3v) is 5.99. The van der Waals surface area contributed by atoms with Crippen molar-refractivity contribution in [3.05, 3.63) is 59.7 Å². The number of amides is 3. The Labute approximate surface area is 237 Å². The van der Waals surface area contributed by atoms with Crippen LogP contribution in [0.5, 0.6) is 11.5 Å². The molecule has 0 aliphatic carbocycles. The maximum Gasteiger partial charge on any atom is 0.326 e. The Morgan fingerprint density at radius 2 is 1.17 bits per heavy atom. The van der Waals surface area contributed by atoms with E-state index in [0.717, 1.165) is 0 Å². The minimum absolute atomic E-state index is 0.00178. The van der Waals surface area contributed by atoms with Crippen LogP contribution in [0.25, 0.3) is 0 Å². The van der Waals surface area contributed by atoms with E-state index in [1.807, 2.05) is 0 Å². The summed E-state index contributed by atoms with van der Waals surface area (Å²) in [7, 11) is 0. The van der Waals surface area contributed by atoms with Gasteiger partial charge in [-0.2, -0.15) is 0 Å². The summed E-state index contributed by atoms with van der Waals surface area (Å²) in [5.74, 6) is -3.50. The maximum atomic E-state index is 13.4. The van der Waals surface area contributed by atoms with Gasteiger partial charge in [0.1, 0.15) is 29.6 Å². The number of aliphatic imine (C=N–C) groups is 1. The number of carbonyl (C=O) groups excluding carboxylic acids is 3. The first-order valence-corrected chi connectivity index (χ1v) is 12.9. The quantitative estimate of drug-likeness (QED) is 0.0702. The van der Waals surface area contributed by atoms with Crippen LogP contribution in [-0.2, 0) is 32.0 Å². The van der Waals surface area contributed by atoms with E-state index >= 15 is 0 Å². The number of rotatable bonds is 15. The Bertz CT molecular complexity index is 1210. The van der Waals surface area contributed by atoms with Crippen LogP contribution in [0.4, 0.5) is 0 Å². The van der Waals surface area contributed by atoms with Gasteiger partial charge in [-0.15, -0.1) is 0 Å². The van der Waals surface area contributed by atoms with E-state index in [9.17, 15) is 34.5 Å². The van der Waals surface area contributed by atoms with Crippen LogP contribution in [0.1, 0.15) is 30.9 Å². The number of phenols is 2. The summed E-state index contributed by atoms with van der Waals surface area (Å²) in [5.41, 5.74) is 17.4. The van der Waals surface area contributed by atoms with E-state index in [1.54, 1.807) is 24.3 Å². The van der Waals surface area contributed by atoms with Crippen LogP contribution in [0, 0.1) is 0 Å². The molecule has 12 N–H and O–H groups in total. The number of guanidine groups is 1. The molecule has 0 aliphatic heterocycles. The molecule has 0 aromatic heterocycles. The molecule has 4 unspecified atom stereocenters. The van der Waals surface area contributed by atoms with E-state index < -0.39 is 47.9 Å². The van der Waals surface area contributed by atoms with E-state index in [4.69, 9.17) is 17.2 Å². The van der Waals surface area contributed by atoms with Gasteiger partial charge in [0.15, 0.2) is 5.96 Å². The van der Waals surface area contributed by atoms with Crippen molar-refractivity contribution >= 4 is 29.7 Å². The van der Waals surface area contributed by atoms with Gasteiger partial charge in [-0.25, -0.2) is 4.79 Å². The first kappa shape index (κ1) is 32.4. The Balaban J connectivity index is 2.28. The molecule has 14 heteroatoms. The number of hydrogen-bond acceptors (Lipinski definition) is 8. The number of aromatic hydroxyl groups is 2. The summed E-state index contributed by atoms with van der Waals surface area (Å²) in [6, 6.07) is 7.33. The summed E-state index contributed by atoms with van der Waals surface area (Å²) < 4.78 is 0. The lowest BCUT2D eigenvalue weighted by Gasteiger charge is -2.25. The van der Waals surface area contributed by atoms with Crippen molar-refractivity contribution in [1.82, 2.24) is 16.0 Å². The summed E-state index contributed by atoms with van der Waals surface area (Å²) >= 11 is 0. The number of phenolic OH excluding ortho intramolecular Hbond substituents is 2. The summed E-state index contributed by atoms with van der Waals surface area (Å²) in [6.45, 7) is 1.61. The fourth-order valence-electron chi connectivity index (χ4n) is 3.76. The zero-order valence-corrected chi connectivity index (χ0v) is 22.6. The number of nitrogens with two attached hydrogens (primary N) is 3. The number of hydrogen-bond donors (Lipinski definition) is 9. The van der Waals surface area contributed by atoms with Crippen LogP contribution in [-0.4, -0.2) is 75.7 Å². The molecule has 0 saturated heterocycles. The second kappa shape index (κ2) is 15.7. The average molecular weight is 572 g/mol. The highest BCUT2D eigenvalue weighted by Crippen LogP contribution is 2.14. The summed E-state index contributed by atoms with van der Waals surface area (Å²) in [4.78, 5) is 54.8. The standard InChI is InChI=1S/C27H37N7O7/c1-15(28)23(37)33-21(13-16-4-8-18(35)9-5-16)25(39)34-22(14-17-6-10-19(36)11-7-17)24(38)32-20(26(40)41)3-2-12-31-27(29)30/h4-11,15,20-22,35-36H,2-3,12-14,28H2,1H3,(H,32,38)(H,33,37)(H,34,39)(H,40,41)(H4,29,30,31). The highest BCUT2D eigenvalue weighted by Gasteiger charge is 2.30. The minimum atomic E-state index is -1.29. The lowest BCUT2D eigenvalue weighted by molar-refractivity contribution is -0.142. The minimum Gasteiger partial charge on any atom is -0.508 e. The van der Waals surface area contributed by atoms with Gasteiger partial charge >= 0.3 is 5.97 Å². The van der Waals surface area contributed by atoms with Crippen molar-refractivity contribution in [3.8, 4) is 11.5 Å². The monoisotopic (exact) mass is 571 g/mol. The lowest BCUT2D eigenvalue weighted by atomic mass is 10.0. The molecule has 3 amide bonds. The van der Waals surface area contributed by atoms with Crippen LogP contribution in [0.2, 0.25) is 0 Å². The molecular weight excluding hydrogens is 534 g/mol. The van der Waals surface area contributed by atoms with Crippen LogP contribution in [0.15, 0.2) is 53.5 Å². The summed E-state index contributed by atoms with van der Waals surface area (Å²) in [6.07, 6.45) is 0.250. The first-order chi connectivity index (χ1) is 19.3. The zero-order valence-electron chi connectivity index (χ0n) is 22.6. The Morgan fingerprint density at radius 3 is 1.56 bits per heavy atom. The topological polar surface area (TPSA) is 255 Å². The lowest BCUT2D eigenvalue weighted by Crippen LogP contribution is -2.58. The average Bonchev–Trinajstić information content (AvgIpc) is 2.91. The van der Waals surface area contributed by atoms with Crippen LogP contribution >= 0.6 is 0 Å². The van der Waals surface area contributed by atoms with Crippen LogP contribution < -0.4 is 33.2 Å². The number of nitrogens with one attached hydrogen (secondary N) is 3. The predicted octanol–water partition coefficient (Wildman–Crippen LogP) is -1.18. The van der Waals surface area contributed by atoms with Gasteiger partial charge in [0, 0.05) is 19.4 Å². The first-order valence-electron chi connectivity index (χ1n) is 12.9. The predicted molar refractivity (Wildman–Crippen MR) is 151 cm³/mol. The second-order valence-corrected chi connectivity index (χ2v) is 9.50. The van der Waals surface area contributed by atoms with Crippen molar-refractivity contribution < 1.29 is 34.5 Å². The number of carboxylic acids is 1. The van der Waals surface area contributed by atoms with Crippen molar-refractivity contribution in [2.24, 2.45) is 22.2 Å². The highest BCUT2D eigenvalue weighted by molar-refractivity contribution is 5.94. The van der Waals surface area contributed by atoms with Crippen LogP contribution in [0.3, 0.4) is 0 Å². The molecule has 0 spiro atoms. The Kier molecular flexibility index (Phi) is 12.4. The molecule has 0 aliphatic rings. The molecule has 2 aromatic carbocycles. The van der Waals surface area contributed by atoms with Gasteiger partial charge in [0.2, 0.25) is 17.7 Å². The number of carboxylic acid groups (broad SMARTS) is 1. The largest absolute Gasteiger partial charge is 0.508 e. The molecule has 0 fully saturated rings. The van der Waals surface area contributed by atoms with Gasteiger partial charge in [-0.05, 0) is 55.2 Å². The molecule has 0 bridgehead atoms. The third kappa shape index (κ3) is 11.4. The maximum absolute atomic E-state index is 13.4. The zero-order chi connectivity index (χ0) is 30.5. The van der Waals surface area contributed by atoms with E-state index in [-0.39, 0.29) is 49.7 Å². The molecule has 2 rings (SSSR count). The van der Waals surface area contributed by atoms with Crippen molar-refractivity contribution in [2.45, 2.75) is 56.8 Å². The van der Waals surface area contributed by atoms with E-state index in [1.165, 1.54) is 31.2 Å². The molecule has 222 valence electrons. The van der Waals surface area contributed by atoms with Gasteiger partial charge in [-0.3, -0.25) is 19.4 Å². The molecule has 2 aromatic rings. The van der Waals surface area contributed by atoms with Crippen molar-refractivity contribution in [3.63, 3.8) is 0 Å². The number of aliphatic carboxylic acids is 1.